The predicted octanol–water partition coefficient (Wildman–Crippen LogP) is -0.0358. The van der Waals surface area contributed by atoms with Gasteiger partial charge in [-0.05, 0) is 0 Å². The van der Waals surface area contributed by atoms with Gasteiger partial charge >= 0.3 is 0 Å². The normalized spacial score (nSPS) is 20.6. The van der Waals surface area contributed by atoms with Gasteiger partial charge in [-0.1, -0.05) is 0 Å². The topological polar surface area (TPSA) is 54.1 Å². The molecule has 0 bridgehead atoms. The third kappa shape index (κ3) is 0.556. The van der Waals surface area contributed by atoms with Crippen molar-refractivity contribution in [2.75, 3.05) is 0 Å². The number of rotatable bonds is 0. The summed E-state index contributed by atoms with van der Waals surface area (Å²) in [5.41, 5.74) is 1.10. The lowest BCUT2D eigenvalue weighted by molar-refractivity contribution is -0.107. The van der Waals surface area contributed by atoms with Crippen molar-refractivity contribution in [3.63, 3.8) is 0 Å². The van der Waals surface area contributed by atoms with Crippen LogP contribution < -0.4 is 0 Å². The van der Waals surface area contributed by atoms with Gasteiger partial charge < -0.3 is 0 Å². The summed E-state index contributed by atoms with van der Waals surface area (Å²) in [6.07, 6.45) is 4.32. The highest BCUT2D eigenvalue weighted by Gasteiger charge is 2.19. The average molecular weight is 133 g/mol. The van der Waals surface area contributed by atoms with Crippen LogP contribution in [0.25, 0.3) is 0 Å². The van der Waals surface area contributed by atoms with Crippen LogP contribution in [0.1, 0.15) is 0 Å². The van der Waals surface area contributed by atoms with Crippen LogP contribution in [0.15, 0.2) is 27.0 Å². The van der Waals surface area contributed by atoms with Crippen molar-refractivity contribution >= 4 is 23.9 Å². The van der Waals surface area contributed by atoms with Crippen molar-refractivity contribution < 1.29 is 4.79 Å². The van der Waals surface area contributed by atoms with Gasteiger partial charge in [0, 0.05) is 11.8 Å². The van der Waals surface area contributed by atoms with E-state index in [1.165, 1.54) is 12.4 Å². The average Bonchev–Trinajstić information content (AvgIpc) is 2.36. The number of carbonyl (C=O) groups excluding carboxylic acids is 1. The minimum Gasteiger partial charge on any atom is -0.286 e. The Morgan fingerprint density at radius 3 is 3.00 bits per heavy atom. The van der Waals surface area contributed by atoms with E-state index in [1.54, 1.807) is 6.20 Å². The lowest BCUT2D eigenvalue weighted by Crippen LogP contribution is -2.18. The minimum absolute atomic E-state index is 0.171. The molecule has 2 heterocycles. The van der Waals surface area contributed by atoms with Crippen molar-refractivity contribution in [1.29, 1.82) is 0 Å². The zero-order valence-corrected chi connectivity index (χ0v) is 4.98. The van der Waals surface area contributed by atoms with E-state index in [4.69, 9.17) is 0 Å². The Kier molecular flexibility index (Phi) is 0.887. The molecule has 0 fully saturated rings. The summed E-state index contributed by atoms with van der Waals surface area (Å²) >= 11 is 0. The van der Waals surface area contributed by atoms with Gasteiger partial charge in [-0.15, -0.1) is 5.10 Å². The summed E-state index contributed by atoms with van der Waals surface area (Å²) in [6.45, 7) is 0. The van der Waals surface area contributed by atoms with E-state index in [1.807, 2.05) is 0 Å². The maximum absolute atomic E-state index is 10.9. The molecule has 2 rings (SSSR count). The van der Waals surface area contributed by atoms with Gasteiger partial charge in [0.05, 0.1) is 12.4 Å². The molecule has 0 unspecified atom stereocenters. The number of hydrogen-bond donors (Lipinski definition) is 0. The molecule has 0 aromatic carbocycles. The third-order valence-corrected chi connectivity index (χ3v) is 1.27. The van der Waals surface area contributed by atoms with Crippen LogP contribution in [-0.2, 0) is 4.79 Å². The van der Waals surface area contributed by atoms with E-state index >= 15 is 0 Å². The molecule has 4 heteroatoms. The molecule has 0 atom stereocenters. The van der Waals surface area contributed by atoms with Crippen molar-refractivity contribution in [2.45, 2.75) is 0 Å². The summed E-state index contributed by atoms with van der Waals surface area (Å²) in [6, 6.07) is 0. The van der Waals surface area contributed by atoms with Crippen molar-refractivity contribution in [2.24, 2.45) is 15.2 Å². The van der Waals surface area contributed by atoms with Crippen LogP contribution in [0.4, 0.5) is 0 Å². The number of Topliss-reactive ketones (excluding diaryl/α,β-unsaturated/α-hetero) is 1. The maximum Gasteiger partial charge on any atom is 0.224 e. The van der Waals surface area contributed by atoms with Crippen LogP contribution in [0, 0.1) is 0 Å². The van der Waals surface area contributed by atoms with Crippen molar-refractivity contribution in [3.05, 3.63) is 11.8 Å². The molecular formula is C6H3N3O. The molecule has 0 amide bonds. The van der Waals surface area contributed by atoms with E-state index in [0.717, 1.165) is 0 Å². The highest BCUT2D eigenvalue weighted by Crippen LogP contribution is 2.07. The number of ketones is 1. The minimum atomic E-state index is -0.171. The lowest BCUT2D eigenvalue weighted by Gasteiger charge is -1.97. The molecule has 0 aromatic heterocycles. The molecule has 4 nitrogen and oxygen atoms in total. The smallest absolute Gasteiger partial charge is 0.224 e. The van der Waals surface area contributed by atoms with E-state index in [9.17, 15) is 4.79 Å². The number of nitrogens with zero attached hydrogens (tertiary/aromatic N) is 3. The van der Waals surface area contributed by atoms with Crippen LogP contribution in [0.5, 0.6) is 0 Å². The molecule has 0 N–H and O–H groups in total. The molecule has 48 valence electrons. The first-order valence-corrected chi connectivity index (χ1v) is 2.77. The fourth-order valence-corrected chi connectivity index (χ4v) is 0.800. The Labute approximate surface area is 56.7 Å². The molecule has 0 radical (unpaired) electrons. The second-order valence-corrected chi connectivity index (χ2v) is 1.92. The number of aliphatic imine (C=N–C) groups is 1. The maximum atomic E-state index is 10.9. The van der Waals surface area contributed by atoms with Gasteiger partial charge in [-0.2, -0.15) is 5.10 Å². The fourth-order valence-electron chi connectivity index (χ4n) is 0.800. The van der Waals surface area contributed by atoms with Gasteiger partial charge in [-0.25, -0.2) is 0 Å². The standard InChI is InChI=1S/C6H3N3O/c10-5-3-7-1-4-2-8-9-6(4)5/h1-3H. The number of fused-ring (bicyclic) bond motifs is 1. The summed E-state index contributed by atoms with van der Waals surface area (Å²) in [5, 5.41) is 7.19. The van der Waals surface area contributed by atoms with Gasteiger partial charge in [-0.3, -0.25) is 9.79 Å². The first-order chi connectivity index (χ1) is 4.88. The van der Waals surface area contributed by atoms with Crippen LogP contribution >= 0.6 is 0 Å². The molecule has 0 aliphatic carbocycles. The summed E-state index contributed by atoms with van der Waals surface area (Å²) in [7, 11) is 0. The van der Waals surface area contributed by atoms with Gasteiger partial charge in [0.15, 0.2) is 0 Å². The zero-order valence-electron chi connectivity index (χ0n) is 4.98. The SMILES string of the molecule is O=C1C=NC=C2C=NN=C12. The van der Waals surface area contributed by atoms with Crippen LogP contribution in [-0.4, -0.2) is 23.9 Å². The first-order valence-electron chi connectivity index (χ1n) is 2.77. The molecule has 0 saturated carbocycles. The number of hydrogen-bond acceptors (Lipinski definition) is 4. The Morgan fingerprint density at radius 2 is 2.20 bits per heavy atom. The molecular weight excluding hydrogens is 130 g/mol. The van der Waals surface area contributed by atoms with Crippen molar-refractivity contribution in [1.82, 2.24) is 0 Å². The molecule has 0 spiro atoms. The van der Waals surface area contributed by atoms with Gasteiger partial charge in [0.25, 0.3) is 0 Å². The second-order valence-electron chi connectivity index (χ2n) is 1.92. The monoisotopic (exact) mass is 133 g/mol. The van der Waals surface area contributed by atoms with Crippen molar-refractivity contribution in [3.8, 4) is 0 Å². The fraction of sp³-hybridized carbons (Fsp3) is 0. The van der Waals surface area contributed by atoms with Crippen LogP contribution in [0.2, 0.25) is 0 Å². The first kappa shape index (κ1) is 5.22. The molecule has 10 heavy (non-hydrogen) atoms. The summed E-state index contributed by atoms with van der Waals surface area (Å²) in [5.74, 6) is -0.171. The highest BCUT2D eigenvalue weighted by molar-refractivity contribution is 6.67. The number of allylic oxidation sites excluding steroid dienone is 1. The quantitative estimate of drug-likeness (QED) is 0.457. The number of carbonyl (C=O) groups is 1. The Hall–Kier alpha value is -1.58. The predicted molar refractivity (Wildman–Crippen MR) is 37.5 cm³/mol. The lowest BCUT2D eigenvalue weighted by atomic mass is 10.1. The van der Waals surface area contributed by atoms with E-state index < -0.39 is 0 Å². The highest BCUT2D eigenvalue weighted by atomic mass is 16.1. The van der Waals surface area contributed by atoms with Crippen LogP contribution in [0.3, 0.4) is 0 Å². The molecule has 2 aliphatic rings. The second kappa shape index (κ2) is 1.70. The summed E-state index contributed by atoms with van der Waals surface area (Å²) < 4.78 is 0. The molecule has 2 aliphatic heterocycles. The van der Waals surface area contributed by atoms with E-state index in [0.29, 0.717) is 11.3 Å². The Bertz CT molecular complexity index is 303. The third-order valence-electron chi connectivity index (χ3n) is 1.27. The van der Waals surface area contributed by atoms with Gasteiger partial charge in [0.2, 0.25) is 5.78 Å². The largest absolute Gasteiger partial charge is 0.286 e. The Balaban J connectivity index is 2.54. The van der Waals surface area contributed by atoms with Gasteiger partial charge in [0.1, 0.15) is 5.71 Å². The van der Waals surface area contributed by atoms with E-state index in [2.05, 4.69) is 15.2 Å². The zero-order chi connectivity index (χ0) is 6.97. The molecule has 0 saturated heterocycles. The van der Waals surface area contributed by atoms with E-state index in [-0.39, 0.29) is 5.78 Å². The molecule has 0 aromatic rings. The summed E-state index contributed by atoms with van der Waals surface area (Å²) in [4.78, 5) is 14.6. The Morgan fingerprint density at radius 1 is 1.30 bits per heavy atom.